The molecule has 0 unspecified atom stereocenters. The summed E-state index contributed by atoms with van der Waals surface area (Å²) in [6.07, 6.45) is 21.7. The van der Waals surface area contributed by atoms with Crippen molar-refractivity contribution in [3.63, 3.8) is 0 Å². The number of carbonyl (C=O) groups excluding carboxylic acids is 1. The Kier molecular flexibility index (Phi) is 16.9. The van der Waals surface area contributed by atoms with Gasteiger partial charge in [0.2, 0.25) is 5.91 Å². The van der Waals surface area contributed by atoms with Crippen molar-refractivity contribution in [1.82, 2.24) is 9.97 Å². The van der Waals surface area contributed by atoms with Crippen LogP contribution < -0.4 is 4.90 Å². The van der Waals surface area contributed by atoms with Crippen molar-refractivity contribution in [3.8, 4) is 33.5 Å². The molecule has 2 aromatic carbocycles. The number of rotatable bonds is 13. The number of nitrogens with zero attached hydrogens (tertiary/aromatic N) is 3. The Morgan fingerprint density at radius 2 is 1.17 bits per heavy atom. The minimum Gasteiger partial charge on any atom is -0.312 e. The molecule has 0 bridgehead atoms. The maximum Gasteiger partial charge on any atom is 0.227 e. The van der Waals surface area contributed by atoms with Gasteiger partial charge in [0.05, 0.1) is 22.8 Å². The van der Waals surface area contributed by atoms with Gasteiger partial charge in [0, 0.05) is 53.2 Å². The van der Waals surface area contributed by atoms with E-state index in [1.807, 2.05) is 29.4 Å². The van der Waals surface area contributed by atoms with E-state index in [1.54, 1.807) is 6.08 Å². The third kappa shape index (κ3) is 15.2. The highest BCUT2D eigenvalue weighted by Gasteiger charge is 2.28. The number of nitrogens with one attached hydrogen (secondary N) is 1. The number of carbonyl (C=O) groups is 1. The van der Waals surface area contributed by atoms with Crippen LogP contribution in [-0.2, 0) is 15.6 Å². The minimum atomic E-state index is -0.147. The highest BCUT2D eigenvalue weighted by atomic mass is 16.2. The van der Waals surface area contributed by atoms with Crippen molar-refractivity contribution < 1.29 is 4.79 Å². The van der Waals surface area contributed by atoms with Crippen LogP contribution in [0, 0.1) is 27.1 Å². The van der Waals surface area contributed by atoms with E-state index in [1.165, 1.54) is 11.1 Å². The number of hydrogen-bond donors (Lipinski definition) is 1. The van der Waals surface area contributed by atoms with Gasteiger partial charge in [-0.25, -0.2) is 0 Å². The molecule has 0 saturated carbocycles. The van der Waals surface area contributed by atoms with Crippen molar-refractivity contribution in [1.29, 1.82) is 5.41 Å². The molecule has 0 spiro atoms. The summed E-state index contributed by atoms with van der Waals surface area (Å²) in [4.78, 5) is 25.9. The van der Waals surface area contributed by atoms with Gasteiger partial charge in [-0.1, -0.05) is 193 Å². The molecule has 1 aliphatic rings. The van der Waals surface area contributed by atoms with Gasteiger partial charge in [0.15, 0.2) is 0 Å². The monoisotopic (exact) mass is 963 g/mol. The van der Waals surface area contributed by atoms with Crippen LogP contribution in [-0.4, -0.2) is 28.1 Å². The largest absolute Gasteiger partial charge is 0.312 e. The first-order chi connectivity index (χ1) is 33.0. The first-order valence-corrected chi connectivity index (χ1v) is 25.8. The summed E-state index contributed by atoms with van der Waals surface area (Å²) in [5.41, 5.74) is 14.9. The van der Waals surface area contributed by atoms with E-state index in [-0.39, 0.29) is 44.1 Å². The van der Waals surface area contributed by atoms with Crippen LogP contribution >= 0.6 is 0 Å². The van der Waals surface area contributed by atoms with E-state index in [0.717, 1.165) is 73.6 Å². The molecule has 1 aliphatic heterocycles. The molecule has 2 aromatic heterocycles. The molecule has 72 heavy (non-hydrogen) atoms. The molecule has 0 atom stereocenters. The second-order valence-electron chi connectivity index (χ2n) is 26.1. The summed E-state index contributed by atoms with van der Waals surface area (Å²) >= 11 is 0. The average Bonchev–Trinajstić information content (AvgIpc) is 3.70. The Bertz CT molecular complexity index is 2830. The molecule has 5 heteroatoms. The van der Waals surface area contributed by atoms with Gasteiger partial charge >= 0.3 is 0 Å². The topological polar surface area (TPSA) is 69.9 Å². The molecule has 1 fully saturated rings. The number of allylic oxidation sites excluding steroid dienone is 13. The first-order valence-electron chi connectivity index (χ1n) is 25.8. The third-order valence-corrected chi connectivity index (χ3v) is 13.1. The van der Waals surface area contributed by atoms with Crippen molar-refractivity contribution in [2.24, 2.45) is 21.7 Å². The molecule has 0 aliphatic carbocycles. The third-order valence-electron chi connectivity index (χ3n) is 13.1. The molecular formula is C67H86N4O. The Balaban J connectivity index is 1.72. The van der Waals surface area contributed by atoms with Gasteiger partial charge in [-0.2, -0.15) is 0 Å². The van der Waals surface area contributed by atoms with E-state index >= 15 is 0 Å². The average molecular weight is 963 g/mol. The Morgan fingerprint density at radius 3 is 1.64 bits per heavy atom. The van der Waals surface area contributed by atoms with Crippen molar-refractivity contribution in [2.45, 2.75) is 148 Å². The summed E-state index contributed by atoms with van der Waals surface area (Å²) in [5, 5.41) is 9.15. The molecule has 5 rings (SSSR count). The maximum atomic E-state index is 13.7. The van der Waals surface area contributed by atoms with Crippen LogP contribution in [0.2, 0.25) is 0 Å². The van der Waals surface area contributed by atoms with E-state index in [9.17, 15) is 4.79 Å². The van der Waals surface area contributed by atoms with Gasteiger partial charge in [0.1, 0.15) is 0 Å². The highest BCUT2D eigenvalue weighted by molar-refractivity contribution is 6.09. The van der Waals surface area contributed by atoms with Crippen molar-refractivity contribution in [3.05, 3.63) is 174 Å². The van der Waals surface area contributed by atoms with Crippen LogP contribution in [0.5, 0.6) is 0 Å². The number of pyridine rings is 2. The van der Waals surface area contributed by atoms with Crippen molar-refractivity contribution >= 4 is 28.5 Å². The molecule has 3 heterocycles. The van der Waals surface area contributed by atoms with E-state index in [4.69, 9.17) is 15.4 Å². The predicted molar refractivity (Wildman–Crippen MR) is 314 cm³/mol. The van der Waals surface area contributed by atoms with Gasteiger partial charge in [-0.15, -0.1) is 0 Å². The quantitative estimate of drug-likeness (QED) is 0.107. The second kappa shape index (κ2) is 21.5. The fourth-order valence-corrected chi connectivity index (χ4v) is 7.99. The van der Waals surface area contributed by atoms with Gasteiger partial charge < -0.3 is 10.3 Å². The zero-order chi connectivity index (χ0) is 53.9. The number of hydrogen-bond acceptors (Lipinski definition) is 4. The van der Waals surface area contributed by atoms with Gasteiger partial charge in [-0.05, 0) is 138 Å². The van der Waals surface area contributed by atoms with E-state index < -0.39 is 0 Å². The van der Waals surface area contributed by atoms with Gasteiger partial charge in [0.25, 0.3) is 0 Å². The van der Waals surface area contributed by atoms with Crippen LogP contribution in [0.15, 0.2) is 152 Å². The zero-order valence-corrected chi connectivity index (χ0v) is 47.5. The molecule has 0 radical (unpaired) electrons. The molecule has 1 amide bonds. The number of benzene rings is 2. The number of aromatic nitrogens is 2. The van der Waals surface area contributed by atoms with Gasteiger partial charge in [-0.3, -0.25) is 14.8 Å². The standard InChI is InChI=1S/C67H86N4O/c1-44(24-27-57(68)45(2)35-51(65(13,14)15)31-33-63(7,8)9)54-40-55(48-25-28-58(69-42-48)47(30-32-62(4,5)6)36-46(3)64(10,11)12)56(41-60(54)71-34-22-23-61(71)72)49-26-29-59(70-43-49)50-37-52(66(16,17)18)39-53(38-50)67(19,20)21/h24-33,35-43,68H,1-3,22-23,34H2,4-21H3/b27-24-,32-30+,33-31+,47-36+,51-35+,68-57?. The summed E-state index contributed by atoms with van der Waals surface area (Å²) in [6, 6.07) is 19.6. The zero-order valence-electron chi connectivity index (χ0n) is 47.5. The SMILES string of the molecule is C=C(/C=C(\C=C\C(C)(C)C)C(C)(C)C)C(=N)/C=C\C(=C)c1cc(-c2ccc(C(/C=C/C(C)(C)C)=C/C(=C)C(C)(C)C)nc2)c(-c2ccc(-c3cc(C(C)(C)C)cc(C(C)(C)C)c3)nc2)cc1N1CCCC1=O. The molecule has 1 N–H and O–H groups in total. The Hall–Kier alpha value is -6.20. The fraction of sp³-hybridized carbons (Fsp3) is 0.403. The molecule has 1 saturated heterocycles. The van der Waals surface area contributed by atoms with Crippen molar-refractivity contribution in [2.75, 3.05) is 11.4 Å². The van der Waals surface area contributed by atoms with Crippen LogP contribution in [0.3, 0.4) is 0 Å². The lowest BCUT2D eigenvalue weighted by atomic mass is 9.79. The van der Waals surface area contributed by atoms with Crippen LogP contribution in [0.1, 0.15) is 160 Å². The molecule has 380 valence electrons. The number of anilines is 1. The maximum absolute atomic E-state index is 13.7. The highest BCUT2D eigenvalue weighted by Crippen LogP contribution is 2.43. The Labute approximate surface area is 436 Å². The predicted octanol–water partition coefficient (Wildman–Crippen LogP) is 18.5. The second-order valence-corrected chi connectivity index (χ2v) is 26.1. The van der Waals surface area contributed by atoms with E-state index in [0.29, 0.717) is 24.1 Å². The summed E-state index contributed by atoms with van der Waals surface area (Å²) in [7, 11) is 0. The molecule has 4 aromatic rings. The first kappa shape index (κ1) is 56.7. The number of amides is 1. The summed E-state index contributed by atoms with van der Waals surface area (Å²) < 4.78 is 0. The summed E-state index contributed by atoms with van der Waals surface area (Å²) in [5.74, 6) is 0.0726. The molecule has 5 nitrogen and oxygen atoms in total. The fourth-order valence-electron chi connectivity index (χ4n) is 7.99. The Morgan fingerprint density at radius 1 is 0.611 bits per heavy atom. The minimum absolute atomic E-state index is 0.0118. The van der Waals surface area contributed by atoms with E-state index in [2.05, 4.69) is 229 Å². The summed E-state index contributed by atoms with van der Waals surface area (Å²) in [6.45, 7) is 53.6. The molecular weight excluding hydrogens is 877 g/mol. The van der Waals surface area contributed by atoms with Crippen LogP contribution in [0.25, 0.3) is 44.7 Å². The lowest BCUT2D eigenvalue weighted by molar-refractivity contribution is -0.117. The lowest BCUT2D eigenvalue weighted by Crippen LogP contribution is -2.25. The van der Waals surface area contributed by atoms with Crippen LogP contribution in [0.4, 0.5) is 5.69 Å². The lowest BCUT2D eigenvalue weighted by Gasteiger charge is -2.26. The normalized spacial score (nSPS) is 14.9. The smallest absolute Gasteiger partial charge is 0.227 e.